The zero-order chi connectivity index (χ0) is 17.8. The predicted molar refractivity (Wildman–Crippen MR) is 99.0 cm³/mol. The molecule has 1 amide bonds. The highest BCUT2D eigenvalue weighted by atomic mass is 32.2. The van der Waals surface area contributed by atoms with Gasteiger partial charge >= 0.3 is 5.69 Å². The summed E-state index contributed by atoms with van der Waals surface area (Å²) < 4.78 is 14.1. The van der Waals surface area contributed by atoms with E-state index >= 15 is 0 Å². The fourth-order valence-corrected chi connectivity index (χ4v) is 4.00. The van der Waals surface area contributed by atoms with E-state index in [1.807, 2.05) is 24.3 Å². The van der Waals surface area contributed by atoms with E-state index in [9.17, 15) is 19.3 Å². The lowest BCUT2D eigenvalue weighted by Gasteiger charge is -2.14. The average Bonchev–Trinajstić information content (AvgIpc) is 2.61. The van der Waals surface area contributed by atoms with Crippen LogP contribution in [0.15, 0.2) is 47.5 Å². The van der Waals surface area contributed by atoms with Gasteiger partial charge in [-0.05, 0) is 23.8 Å². The SMILES string of the molecule is O=C(CSC1=Nc2ccccc2CS1)Nc1ccc(F)c([N+](=O)[O-])c1. The molecule has 2 aromatic carbocycles. The Balaban J connectivity index is 1.60. The highest BCUT2D eigenvalue weighted by molar-refractivity contribution is 8.38. The number of nitrogens with one attached hydrogen (secondary N) is 1. The number of para-hydroxylation sites is 1. The van der Waals surface area contributed by atoms with Gasteiger partial charge < -0.3 is 5.32 Å². The standard InChI is InChI=1S/C16H12FN3O3S2/c17-12-6-5-11(7-14(12)20(22)23)18-15(21)9-25-16-19-13-4-2-1-3-10(13)8-24-16/h1-7H,8-9H2,(H,18,21). The van der Waals surface area contributed by atoms with Crippen LogP contribution in [0.1, 0.15) is 5.56 Å². The normalized spacial score (nSPS) is 12.9. The predicted octanol–water partition coefficient (Wildman–Crippen LogP) is 4.34. The first-order chi connectivity index (χ1) is 12.0. The van der Waals surface area contributed by atoms with Crippen LogP contribution in [0, 0.1) is 15.9 Å². The van der Waals surface area contributed by atoms with Crippen LogP contribution >= 0.6 is 23.5 Å². The van der Waals surface area contributed by atoms with E-state index in [0.717, 1.165) is 33.5 Å². The highest BCUT2D eigenvalue weighted by Gasteiger charge is 2.17. The smallest absolute Gasteiger partial charge is 0.306 e. The second-order valence-corrected chi connectivity index (χ2v) is 7.24. The van der Waals surface area contributed by atoms with E-state index in [1.54, 1.807) is 11.8 Å². The zero-order valence-electron chi connectivity index (χ0n) is 12.8. The van der Waals surface area contributed by atoms with E-state index in [2.05, 4.69) is 10.3 Å². The van der Waals surface area contributed by atoms with Crippen LogP contribution in [-0.2, 0) is 10.5 Å². The Morgan fingerprint density at radius 1 is 1.36 bits per heavy atom. The number of hydrogen-bond donors (Lipinski definition) is 1. The molecule has 0 aromatic heterocycles. The van der Waals surface area contributed by atoms with Crippen molar-refractivity contribution in [1.82, 2.24) is 0 Å². The van der Waals surface area contributed by atoms with E-state index in [0.29, 0.717) is 0 Å². The molecule has 0 saturated heterocycles. The topological polar surface area (TPSA) is 84.6 Å². The molecule has 3 rings (SSSR count). The fraction of sp³-hybridized carbons (Fsp3) is 0.125. The zero-order valence-corrected chi connectivity index (χ0v) is 14.4. The van der Waals surface area contributed by atoms with Gasteiger partial charge in [-0.25, -0.2) is 4.99 Å². The number of benzene rings is 2. The van der Waals surface area contributed by atoms with Crippen molar-refractivity contribution in [3.63, 3.8) is 0 Å². The number of anilines is 1. The molecule has 1 heterocycles. The number of fused-ring (bicyclic) bond motifs is 1. The fourth-order valence-electron chi connectivity index (χ4n) is 2.14. The van der Waals surface area contributed by atoms with E-state index in [4.69, 9.17) is 0 Å². The maximum Gasteiger partial charge on any atom is 0.306 e. The van der Waals surface area contributed by atoms with Gasteiger partial charge in [-0.15, -0.1) is 0 Å². The molecule has 0 saturated carbocycles. The van der Waals surface area contributed by atoms with E-state index in [1.165, 1.54) is 17.8 Å². The highest BCUT2D eigenvalue weighted by Crippen LogP contribution is 2.34. The second kappa shape index (κ2) is 7.66. The number of carbonyl (C=O) groups excluding carboxylic acids is 1. The first-order valence-electron chi connectivity index (χ1n) is 7.19. The summed E-state index contributed by atoms with van der Waals surface area (Å²) in [4.78, 5) is 26.4. The van der Waals surface area contributed by atoms with Crippen molar-refractivity contribution in [2.75, 3.05) is 11.1 Å². The molecule has 0 atom stereocenters. The minimum Gasteiger partial charge on any atom is -0.325 e. The van der Waals surface area contributed by atoms with E-state index < -0.39 is 16.4 Å². The number of rotatable bonds is 4. The van der Waals surface area contributed by atoms with Crippen molar-refractivity contribution >= 4 is 50.9 Å². The second-order valence-electron chi connectivity index (χ2n) is 5.06. The molecule has 0 unspecified atom stereocenters. The molecule has 0 aliphatic carbocycles. The number of hydrogen-bond acceptors (Lipinski definition) is 6. The van der Waals surface area contributed by atoms with Crippen LogP contribution in [0.2, 0.25) is 0 Å². The van der Waals surface area contributed by atoms with Crippen molar-refractivity contribution < 1.29 is 14.1 Å². The molecule has 0 fully saturated rings. The lowest BCUT2D eigenvalue weighted by atomic mass is 10.2. The summed E-state index contributed by atoms with van der Waals surface area (Å²) in [5.74, 6) is -0.371. The third-order valence-electron chi connectivity index (χ3n) is 3.31. The van der Waals surface area contributed by atoms with Crippen molar-refractivity contribution in [3.8, 4) is 0 Å². The van der Waals surface area contributed by atoms with Crippen molar-refractivity contribution in [2.24, 2.45) is 4.99 Å². The van der Waals surface area contributed by atoms with Crippen LogP contribution in [0.4, 0.5) is 21.5 Å². The summed E-state index contributed by atoms with van der Waals surface area (Å²) in [5.41, 5.74) is 1.56. The third-order valence-corrected chi connectivity index (χ3v) is 5.55. The number of nitro groups is 1. The quantitative estimate of drug-likeness (QED) is 0.633. The number of thioether (sulfide) groups is 2. The number of amides is 1. The summed E-state index contributed by atoms with van der Waals surface area (Å²) in [6.45, 7) is 0. The van der Waals surface area contributed by atoms with Gasteiger partial charge in [0.25, 0.3) is 0 Å². The third kappa shape index (κ3) is 4.37. The molecule has 0 spiro atoms. The Morgan fingerprint density at radius 3 is 2.96 bits per heavy atom. The molecule has 1 aliphatic rings. The monoisotopic (exact) mass is 377 g/mol. The first-order valence-corrected chi connectivity index (χ1v) is 9.16. The summed E-state index contributed by atoms with van der Waals surface area (Å²) in [5, 5.41) is 13.3. The number of nitro benzene ring substituents is 1. The molecule has 9 heteroatoms. The number of halogens is 1. The van der Waals surface area contributed by atoms with Gasteiger partial charge in [-0.2, -0.15) is 4.39 Å². The molecule has 128 valence electrons. The minimum absolute atomic E-state index is 0.110. The van der Waals surface area contributed by atoms with Crippen molar-refractivity contribution in [1.29, 1.82) is 0 Å². The van der Waals surface area contributed by atoms with Crippen LogP contribution in [0.25, 0.3) is 0 Å². The van der Waals surface area contributed by atoms with Crippen molar-refractivity contribution in [3.05, 3.63) is 64.0 Å². The molecular weight excluding hydrogens is 365 g/mol. The number of aliphatic imine (C=N–C) groups is 1. The number of carbonyl (C=O) groups is 1. The summed E-state index contributed by atoms with van der Waals surface area (Å²) in [7, 11) is 0. The Morgan fingerprint density at radius 2 is 2.16 bits per heavy atom. The molecule has 2 aromatic rings. The maximum atomic E-state index is 13.3. The Hall–Kier alpha value is -2.39. The van der Waals surface area contributed by atoms with Gasteiger partial charge in [0.05, 0.1) is 16.4 Å². The lowest BCUT2D eigenvalue weighted by molar-refractivity contribution is -0.387. The van der Waals surface area contributed by atoms with Gasteiger partial charge in [0.15, 0.2) is 0 Å². The number of nitrogens with zero attached hydrogens (tertiary/aromatic N) is 2. The van der Waals surface area contributed by atoms with Gasteiger partial charge in [0.2, 0.25) is 11.7 Å². The van der Waals surface area contributed by atoms with Crippen LogP contribution in [-0.4, -0.2) is 21.0 Å². The minimum atomic E-state index is -0.941. The van der Waals surface area contributed by atoms with Gasteiger partial charge in [-0.1, -0.05) is 41.7 Å². The molecule has 6 nitrogen and oxygen atoms in total. The van der Waals surface area contributed by atoms with Crippen LogP contribution in [0.5, 0.6) is 0 Å². The van der Waals surface area contributed by atoms with Gasteiger partial charge in [-0.3, -0.25) is 14.9 Å². The van der Waals surface area contributed by atoms with E-state index in [-0.39, 0.29) is 17.3 Å². The van der Waals surface area contributed by atoms with Crippen molar-refractivity contribution in [2.45, 2.75) is 5.75 Å². The van der Waals surface area contributed by atoms with Crippen LogP contribution < -0.4 is 5.32 Å². The molecule has 25 heavy (non-hydrogen) atoms. The molecular formula is C16H12FN3O3S2. The van der Waals surface area contributed by atoms with Gasteiger partial charge in [0, 0.05) is 17.5 Å². The summed E-state index contributed by atoms with van der Waals surface area (Å²) in [6.07, 6.45) is 0. The first kappa shape index (κ1) is 17.4. The molecule has 0 bridgehead atoms. The molecule has 0 radical (unpaired) electrons. The Labute approximate surface area is 151 Å². The maximum absolute atomic E-state index is 13.3. The Kier molecular flexibility index (Phi) is 5.34. The summed E-state index contributed by atoms with van der Waals surface area (Å²) >= 11 is 2.85. The molecule has 1 aliphatic heterocycles. The Bertz CT molecular complexity index is 873. The largest absolute Gasteiger partial charge is 0.325 e. The summed E-state index contributed by atoms with van der Waals surface area (Å²) in [6, 6.07) is 11.1. The molecule has 1 N–H and O–H groups in total. The van der Waals surface area contributed by atoms with Crippen LogP contribution in [0.3, 0.4) is 0 Å². The average molecular weight is 377 g/mol. The van der Waals surface area contributed by atoms with Gasteiger partial charge in [0.1, 0.15) is 4.38 Å². The lowest BCUT2D eigenvalue weighted by Crippen LogP contribution is -2.15.